The van der Waals surface area contributed by atoms with E-state index in [4.69, 9.17) is 4.74 Å². The highest BCUT2D eigenvalue weighted by Crippen LogP contribution is 2.25. The van der Waals surface area contributed by atoms with Crippen LogP contribution < -0.4 is 0 Å². The van der Waals surface area contributed by atoms with E-state index in [0.29, 0.717) is 6.10 Å². The number of likely N-dealkylation sites (tertiary alicyclic amines) is 1. The summed E-state index contributed by atoms with van der Waals surface area (Å²) in [6.07, 6.45) is 4.96. The van der Waals surface area contributed by atoms with Crippen molar-refractivity contribution >= 4 is 0 Å². The van der Waals surface area contributed by atoms with E-state index in [1.807, 2.05) is 0 Å². The maximum atomic E-state index is 9.81. The van der Waals surface area contributed by atoms with Crippen LogP contribution in [0, 0.1) is 0 Å². The summed E-state index contributed by atoms with van der Waals surface area (Å²) in [5.74, 6) is 0. The molecule has 2 aliphatic heterocycles. The summed E-state index contributed by atoms with van der Waals surface area (Å²) in [5.41, 5.74) is -0.378. The monoisotopic (exact) mass is 199 g/mol. The van der Waals surface area contributed by atoms with Gasteiger partial charge < -0.3 is 9.84 Å². The van der Waals surface area contributed by atoms with Crippen molar-refractivity contribution in [3.63, 3.8) is 0 Å². The highest BCUT2D eigenvalue weighted by Gasteiger charge is 2.39. The fraction of sp³-hybridized carbons (Fsp3) is 1.00. The summed E-state index contributed by atoms with van der Waals surface area (Å²) < 4.78 is 5.56. The van der Waals surface area contributed by atoms with Crippen LogP contribution in [0.1, 0.15) is 32.6 Å². The van der Waals surface area contributed by atoms with Crippen LogP contribution in [0.3, 0.4) is 0 Å². The van der Waals surface area contributed by atoms with Crippen LogP contribution in [-0.4, -0.2) is 48.0 Å². The van der Waals surface area contributed by atoms with Crippen molar-refractivity contribution in [1.29, 1.82) is 0 Å². The van der Waals surface area contributed by atoms with Crippen molar-refractivity contribution in [1.82, 2.24) is 4.90 Å². The first-order valence-electron chi connectivity index (χ1n) is 5.78. The van der Waals surface area contributed by atoms with Crippen molar-refractivity contribution in [2.24, 2.45) is 0 Å². The summed E-state index contributed by atoms with van der Waals surface area (Å²) in [6, 6.07) is 0. The van der Waals surface area contributed by atoms with Crippen LogP contribution in [0.25, 0.3) is 0 Å². The molecule has 3 heteroatoms. The van der Waals surface area contributed by atoms with E-state index >= 15 is 0 Å². The van der Waals surface area contributed by atoms with Gasteiger partial charge in [0.2, 0.25) is 0 Å². The van der Waals surface area contributed by atoms with Gasteiger partial charge in [-0.05, 0) is 25.7 Å². The average Bonchev–Trinajstić information content (AvgIpc) is 2.63. The van der Waals surface area contributed by atoms with Crippen molar-refractivity contribution in [2.45, 2.75) is 44.3 Å². The smallest absolute Gasteiger partial charge is 0.0897 e. The summed E-state index contributed by atoms with van der Waals surface area (Å²) in [5, 5.41) is 9.81. The van der Waals surface area contributed by atoms with E-state index < -0.39 is 0 Å². The van der Waals surface area contributed by atoms with E-state index in [1.165, 1.54) is 12.8 Å². The Morgan fingerprint density at radius 1 is 1.50 bits per heavy atom. The number of aliphatic hydroxyl groups is 1. The minimum Gasteiger partial charge on any atom is -0.387 e. The predicted octanol–water partition coefficient (Wildman–Crippen LogP) is 1.01. The summed E-state index contributed by atoms with van der Waals surface area (Å²) >= 11 is 0. The standard InChI is InChI=1S/C11H21NO2/c1-2-11(13)8-12(9-11)6-5-10-4-3-7-14-10/h10,13H,2-9H2,1H3. The lowest BCUT2D eigenvalue weighted by Crippen LogP contribution is -2.61. The summed E-state index contributed by atoms with van der Waals surface area (Å²) in [4.78, 5) is 2.32. The fourth-order valence-corrected chi connectivity index (χ4v) is 2.37. The van der Waals surface area contributed by atoms with Crippen LogP contribution >= 0.6 is 0 Å². The molecule has 0 radical (unpaired) electrons. The Kier molecular flexibility index (Phi) is 3.10. The molecule has 2 fully saturated rings. The number of ether oxygens (including phenoxy) is 1. The highest BCUT2D eigenvalue weighted by atomic mass is 16.5. The van der Waals surface area contributed by atoms with Crippen molar-refractivity contribution < 1.29 is 9.84 Å². The Hall–Kier alpha value is -0.120. The molecule has 2 heterocycles. The van der Waals surface area contributed by atoms with Gasteiger partial charge in [-0.3, -0.25) is 4.90 Å². The minimum absolute atomic E-state index is 0.378. The summed E-state index contributed by atoms with van der Waals surface area (Å²) in [6.45, 7) is 5.81. The molecule has 0 saturated carbocycles. The Balaban J connectivity index is 1.60. The van der Waals surface area contributed by atoms with Crippen molar-refractivity contribution in [3.05, 3.63) is 0 Å². The van der Waals surface area contributed by atoms with Gasteiger partial charge in [-0.15, -0.1) is 0 Å². The molecule has 1 atom stereocenters. The molecule has 0 spiro atoms. The first-order valence-corrected chi connectivity index (χ1v) is 5.78. The minimum atomic E-state index is -0.378. The number of hydrogen-bond donors (Lipinski definition) is 1. The zero-order chi connectivity index (χ0) is 10.0. The molecule has 14 heavy (non-hydrogen) atoms. The largest absolute Gasteiger partial charge is 0.387 e. The second-order valence-corrected chi connectivity index (χ2v) is 4.71. The molecule has 0 aliphatic carbocycles. The van der Waals surface area contributed by atoms with Crippen LogP contribution in [0.5, 0.6) is 0 Å². The van der Waals surface area contributed by atoms with Gasteiger partial charge in [0, 0.05) is 26.2 Å². The zero-order valence-corrected chi connectivity index (χ0v) is 9.04. The van der Waals surface area contributed by atoms with Gasteiger partial charge in [-0.25, -0.2) is 0 Å². The molecule has 0 aromatic heterocycles. The van der Waals surface area contributed by atoms with Gasteiger partial charge in [0.15, 0.2) is 0 Å². The third-order valence-electron chi connectivity index (χ3n) is 3.49. The Morgan fingerprint density at radius 2 is 2.29 bits per heavy atom. The topological polar surface area (TPSA) is 32.7 Å². The number of β-amino-alcohol motifs (C(OH)–C–C–N with tert-alkyl or cyclic N) is 1. The molecule has 82 valence electrons. The highest BCUT2D eigenvalue weighted by molar-refractivity contribution is 4.94. The lowest BCUT2D eigenvalue weighted by atomic mass is 9.91. The third-order valence-corrected chi connectivity index (χ3v) is 3.49. The summed E-state index contributed by atoms with van der Waals surface area (Å²) in [7, 11) is 0. The van der Waals surface area contributed by atoms with Crippen LogP contribution in [0.4, 0.5) is 0 Å². The molecule has 1 N–H and O–H groups in total. The fourth-order valence-electron chi connectivity index (χ4n) is 2.37. The number of nitrogens with zero attached hydrogens (tertiary/aromatic N) is 1. The lowest BCUT2D eigenvalue weighted by molar-refractivity contribution is -0.102. The van der Waals surface area contributed by atoms with Crippen molar-refractivity contribution in [2.75, 3.05) is 26.2 Å². The van der Waals surface area contributed by atoms with E-state index in [0.717, 1.165) is 39.1 Å². The molecule has 2 rings (SSSR count). The third kappa shape index (κ3) is 2.27. The maximum Gasteiger partial charge on any atom is 0.0897 e. The quantitative estimate of drug-likeness (QED) is 0.733. The second-order valence-electron chi connectivity index (χ2n) is 4.71. The molecule has 3 nitrogen and oxygen atoms in total. The SMILES string of the molecule is CCC1(O)CN(CCC2CCCO2)C1. The Bertz CT molecular complexity index is 184. The van der Waals surface area contributed by atoms with Crippen molar-refractivity contribution in [3.8, 4) is 0 Å². The van der Waals surface area contributed by atoms with Gasteiger partial charge in [-0.1, -0.05) is 6.92 Å². The first kappa shape index (κ1) is 10.4. The van der Waals surface area contributed by atoms with Crippen LogP contribution in [0.15, 0.2) is 0 Å². The van der Waals surface area contributed by atoms with Gasteiger partial charge in [0.05, 0.1) is 11.7 Å². The normalized spacial score (nSPS) is 31.7. The second kappa shape index (κ2) is 4.17. The molecule has 0 bridgehead atoms. The van der Waals surface area contributed by atoms with Gasteiger partial charge in [0.1, 0.15) is 0 Å². The van der Waals surface area contributed by atoms with E-state index in [9.17, 15) is 5.11 Å². The molecule has 2 aliphatic rings. The lowest BCUT2D eigenvalue weighted by Gasteiger charge is -2.46. The molecule has 2 saturated heterocycles. The molecule has 0 aromatic carbocycles. The molecule has 1 unspecified atom stereocenters. The first-order chi connectivity index (χ1) is 6.72. The van der Waals surface area contributed by atoms with Gasteiger partial charge in [-0.2, -0.15) is 0 Å². The molecular weight excluding hydrogens is 178 g/mol. The zero-order valence-electron chi connectivity index (χ0n) is 9.04. The number of rotatable bonds is 4. The molecular formula is C11H21NO2. The van der Waals surface area contributed by atoms with Crippen LogP contribution in [0.2, 0.25) is 0 Å². The molecule has 0 amide bonds. The van der Waals surface area contributed by atoms with E-state index in [2.05, 4.69) is 11.8 Å². The average molecular weight is 199 g/mol. The van der Waals surface area contributed by atoms with Crippen LogP contribution in [-0.2, 0) is 4.74 Å². The number of hydrogen-bond acceptors (Lipinski definition) is 3. The predicted molar refractivity (Wildman–Crippen MR) is 55.3 cm³/mol. The van der Waals surface area contributed by atoms with E-state index in [-0.39, 0.29) is 5.60 Å². The maximum absolute atomic E-state index is 9.81. The Morgan fingerprint density at radius 3 is 2.86 bits per heavy atom. The molecule has 0 aromatic rings. The van der Waals surface area contributed by atoms with E-state index in [1.54, 1.807) is 0 Å². The van der Waals surface area contributed by atoms with Gasteiger partial charge >= 0.3 is 0 Å². The van der Waals surface area contributed by atoms with Gasteiger partial charge in [0.25, 0.3) is 0 Å². The Labute approximate surface area is 86.0 Å².